The molecule has 4 nitrogen and oxygen atoms in total. The fourth-order valence-electron chi connectivity index (χ4n) is 4.42. The van der Waals surface area contributed by atoms with Crippen LogP contribution in [-0.2, 0) is 9.84 Å². The van der Waals surface area contributed by atoms with Gasteiger partial charge in [0.1, 0.15) is 0 Å². The number of Topliss-reactive ketones (excluding diaryl/α,β-unsaturated/α-hetero) is 1. The number of hydrogen-bond donors (Lipinski definition) is 0. The highest BCUT2D eigenvalue weighted by atomic mass is 32.2. The van der Waals surface area contributed by atoms with Crippen LogP contribution in [0, 0.1) is 0 Å². The molecule has 1 heterocycles. The third-order valence-corrected chi connectivity index (χ3v) is 8.03. The average Bonchev–Trinajstić information content (AvgIpc) is 2.68. The lowest BCUT2D eigenvalue weighted by molar-refractivity contribution is 0.101. The highest BCUT2D eigenvalue weighted by Gasteiger charge is 2.28. The largest absolute Gasteiger partial charge is 0.344 e. The van der Waals surface area contributed by atoms with Crippen molar-refractivity contribution in [3.05, 3.63) is 64.4 Å². The van der Waals surface area contributed by atoms with Gasteiger partial charge in [0.2, 0.25) is 0 Å². The number of carbonyl (C=O) groups is 1. The summed E-state index contributed by atoms with van der Waals surface area (Å²) in [6, 6.07) is 7.69. The monoisotopic (exact) mass is 413 g/mol. The number of benzene rings is 1. The van der Waals surface area contributed by atoms with E-state index in [1.54, 1.807) is 6.92 Å². The second-order valence-corrected chi connectivity index (χ2v) is 10.5. The van der Waals surface area contributed by atoms with E-state index in [9.17, 15) is 13.2 Å². The van der Waals surface area contributed by atoms with Crippen LogP contribution in [0.2, 0.25) is 0 Å². The number of anilines is 1. The third-order valence-electron chi connectivity index (χ3n) is 5.76. The number of allylic oxidation sites excluding steroid dienone is 3. The molecule has 3 rings (SSSR count). The van der Waals surface area contributed by atoms with E-state index < -0.39 is 9.84 Å². The molecular weight excluding hydrogens is 382 g/mol. The predicted octanol–water partition coefficient (Wildman–Crippen LogP) is 5.23. The molecule has 0 N–H and O–H groups in total. The lowest BCUT2D eigenvalue weighted by atomic mass is 9.85. The van der Waals surface area contributed by atoms with E-state index in [4.69, 9.17) is 0 Å². The summed E-state index contributed by atoms with van der Waals surface area (Å²) in [4.78, 5) is 13.9. The van der Waals surface area contributed by atoms with E-state index >= 15 is 0 Å². The Labute approximate surface area is 174 Å². The summed E-state index contributed by atoms with van der Waals surface area (Å²) >= 11 is 0. The Morgan fingerprint density at radius 2 is 2.00 bits per heavy atom. The average molecular weight is 414 g/mol. The molecule has 0 aromatic heterocycles. The molecule has 1 unspecified atom stereocenters. The number of rotatable bonds is 6. The van der Waals surface area contributed by atoms with Gasteiger partial charge in [0, 0.05) is 24.0 Å². The van der Waals surface area contributed by atoms with Crippen molar-refractivity contribution >= 4 is 21.3 Å². The van der Waals surface area contributed by atoms with Crippen LogP contribution < -0.4 is 4.90 Å². The maximum Gasteiger partial charge on any atom is 0.159 e. The van der Waals surface area contributed by atoms with Crippen LogP contribution in [0.4, 0.5) is 5.69 Å². The van der Waals surface area contributed by atoms with Crippen LogP contribution in [0.5, 0.6) is 0 Å². The van der Waals surface area contributed by atoms with Crippen LogP contribution in [0.1, 0.15) is 63.7 Å². The summed E-state index contributed by atoms with van der Waals surface area (Å²) < 4.78 is 25.2. The first-order chi connectivity index (χ1) is 13.7. The minimum Gasteiger partial charge on any atom is -0.344 e. The molecule has 0 saturated heterocycles. The predicted molar refractivity (Wildman–Crippen MR) is 120 cm³/mol. The second-order valence-electron chi connectivity index (χ2n) is 8.19. The van der Waals surface area contributed by atoms with Gasteiger partial charge in [-0.05, 0) is 80.9 Å². The van der Waals surface area contributed by atoms with Crippen LogP contribution in [0.25, 0.3) is 0 Å². The molecule has 1 aliphatic carbocycles. The van der Waals surface area contributed by atoms with Gasteiger partial charge >= 0.3 is 0 Å². The zero-order valence-corrected chi connectivity index (χ0v) is 18.7. The summed E-state index contributed by atoms with van der Waals surface area (Å²) in [5, 5.41) is -0.357. The molecule has 1 aromatic carbocycles. The zero-order chi connectivity index (χ0) is 21.2. The van der Waals surface area contributed by atoms with Crippen LogP contribution in [0.3, 0.4) is 0 Å². The van der Waals surface area contributed by atoms with Gasteiger partial charge < -0.3 is 4.90 Å². The first-order valence-electron chi connectivity index (χ1n) is 10.4. The Kier molecular flexibility index (Phi) is 6.47. The normalized spacial score (nSPS) is 20.4. The van der Waals surface area contributed by atoms with Crippen molar-refractivity contribution in [1.82, 2.24) is 0 Å². The van der Waals surface area contributed by atoms with Crippen LogP contribution in [0.15, 0.2) is 58.8 Å². The van der Waals surface area contributed by atoms with Gasteiger partial charge in [0.05, 0.1) is 11.0 Å². The molecule has 0 bridgehead atoms. The fraction of sp³-hybridized carbons (Fsp3) is 0.458. The number of nitrogens with zero attached hydrogens (tertiary/aromatic N) is 1. The van der Waals surface area contributed by atoms with E-state index in [1.807, 2.05) is 37.3 Å². The van der Waals surface area contributed by atoms with E-state index in [0.717, 1.165) is 37.1 Å². The van der Waals surface area contributed by atoms with Crippen molar-refractivity contribution < 1.29 is 13.2 Å². The number of ketones is 1. The number of sulfone groups is 1. The smallest absolute Gasteiger partial charge is 0.159 e. The van der Waals surface area contributed by atoms with Crippen LogP contribution in [-0.4, -0.2) is 31.7 Å². The van der Waals surface area contributed by atoms with Crippen molar-refractivity contribution in [2.45, 2.75) is 58.6 Å². The Bertz CT molecular complexity index is 999. The van der Waals surface area contributed by atoms with Crippen LogP contribution >= 0.6 is 0 Å². The van der Waals surface area contributed by atoms with Gasteiger partial charge in [-0.3, -0.25) is 4.79 Å². The van der Waals surface area contributed by atoms with Gasteiger partial charge in [-0.1, -0.05) is 25.1 Å². The molecule has 156 valence electrons. The van der Waals surface area contributed by atoms with Gasteiger partial charge in [0.15, 0.2) is 15.6 Å². The van der Waals surface area contributed by atoms with E-state index in [-0.39, 0.29) is 16.8 Å². The van der Waals surface area contributed by atoms with Gasteiger partial charge in [-0.25, -0.2) is 8.42 Å². The summed E-state index contributed by atoms with van der Waals surface area (Å²) in [6.45, 7) is 8.45. The zero-order valence-electron chi connectivity index (χ0n) is 17.9. The summed E-state index contributed by atoms with van der Waals surface area (Å²) in [5.41, 5.74) is 6.46. The Hall–Kier alpha value is -2.14. The lowest BCUT2D eigenvalue weighted by Gasteiger charge is -2.32. The minimum absolute atomic E-state index is 0.0594. The molecule has 1 atom stereocenters. The molecule has 5 heteroatoms. The maximum atomic E-state index is 12.6. The summed E-state index contributed by atoms with van der Waals surface area (Å²) in [7, 11) is -3.07. The van der Waals surface area contributed by atoms with E-state index in [0.29, 0.717) is 12.0 Å². The van der Waals surface area contributed by atoms with Crippen molar-refractivity contribution in [1.29, 1.82) is 0 Å². The SMILES string of the molecule is CCCS(=O)(=O)C1C=C(C2=C(C)CN(c3cccc(C(C)=O)c3)C=C2C)CCC1. The molecule has 1 aliphatic heterocycles. The fourth-order valence-corrected chi connectivity index (χ4v) is 6.19. The lowest BCUT2D eigenvalue weighted by Crippen LogP contribution is -2.27. The summed E-state index contributed by atoms with van der Waals surface area (Å²) in [5.74, 6) is 0.318. The Balaban J connectivity index is 1.90. The highest BCUT2D eigenvalue weighted by Crippen LogP contribution is 2.36. The van der Waals surface area contributed by atoms with E-state index in [2.05, 4.69) is 24.9 Å². The molecule has 0 fully saturated rings. The molecule has 0 radical (unpaired) electrons. The Morgan fingerprint density at radius 3 is 2.66 bits per heavy atom. The summed E-state index contributed by atoms with van der Waals surface area (Å²) in [6.07, 6.45) is 7.36. The van der Waals surface area contributed by atoms with Crippen molar-refractivity contribution in [2.24, 2.45) is 0 Å². The minimum atomic E-state index is -3.07. The van der Waals surface area contributed by atoms with E-state index in [1.165, 1.54) is 16.7 Å². The first-order valence-corrected chi connectivity index (χ1v) is 12.1. The highest BCUT2D eigenvalue weighted by molar-refractivity contribution is 7.92. The number of hydrogen-bond acceptors (Lipinski definition) is 4. The topological polar surface area (TPSA) is 54.5 Å². The molecular formula is C24H31NO3S. The van der Waals surface area contributed by atoms with Crippen molar-refractivity contribution in [3.8, 4) is 0 Å². The van der Waals surface area contributed by atoms with Gasteiger partial charge in [-0.2, -0.15) is 0 Å². The number of carbonyl (C=O) groups excluding carboxylic acids is 1. The molecule has 0 spiro atoms. The molecule has 0 amide bonds. The van der Waals surface area contributed by atoms with Gasteiger partial charge in [-0.15, -0.1) is 0 Å². The maximum absolute atomic E-state index is 12.6. The van der Waals surface area contributed by atoms with Gasteiger partial charge in [0.25, 0.3) is 0 Å². The first kappa shape index (κ1) is 21.6. The Morgan fingerprint density at radius 1 is 1.24 bits per heavy atom. The second kappa shape index (κ2) is 8.70. The quantitative estimate of drug-likeness (QED) is 0.599. The van der Waals surface area contributed by atoms with Crippen molar-refractivity contribution in [2.75, 3.05) is 17.2 Å². The third kappa shape index (κ3) is 4.72. The molecule has 29 heavy (non-hydrogen) atoms. The van der Waals surface area contributed by atoms with Crippen molar-refractivity contribution in [3.63, 3.8) is 0 Å². The standard InChI is InChI=1S/C24H31NO3S/c1-5-12-29(27,28)23-11-7-9-21(14-23)24-17(2)15-25(16-18(24)3)22-10-6-8-20(13-22)19(4)26/h6,8,10,13-15,23H,5,7,9,11-12,16H2,1-4H3. The molecule has 1 aromatic rings. The molecule has 0 saturated carbocycles. The molecule has 2 aliphatic rings.